The number of hydrogen-bond acceptors (Lipinski definition) is 32. The highest BCUT2D eigenvalue weighted by atomic mass is 16.8. The van der Waals surface area contributed by atoms with Crippen LogP contribution in [-0.2, 0) is 61.6 Å². The molecule has 0 aromatic carbocycles. The molecule has 6 saturated heterocycles. The molecule has 30 unspecified atom stereocenters. The van der Waals surface area contributed by atoms with Gasteiger partial charge in [0.2, 0.25) is 6.29 Å². The van der Waals surface area contributed by atoms with Crippen LogP contribution in [0.1, 0.15) is 78.1 Å². The molecule has 19 N–H and O–H groups in total. The van der Waals surface area contributed by atoms with Crippen molar-refractivity contribution in [1.29, 1.82) is 0 Å². The maximum Gasteiger partial charge on any atom is 0.314 e. The lowest BCUT2D eigenvalue weighted by atomic mass is 9.41. The lowest BCUT2D eigenvalue weighted by Crippen LogP contribution is -2.68. The molecular weight excluding hydrogens is 1180 g/mol. The summed E-state index contributed by atoms with van der Waals surface area (Å²) in [6, 6.07) is 0. The molecule has 0 amide bonds. The summed E-state index contributed by atoms with van der Waals surface area (Å²) < 4.78 is 73.1. The monoisotopic (exact) mass is 1270 g/mol. The van der Waals surface area contributed by atoms with E-state index in [9.17, 15) is 97.0 Å². The van der Waals surface area contributed by atoms with Crippen molar-refractivity contribution in [2.45, 2.75) is 262 Å². The molecule has 0 aromatic rings. The zero-order chi connectivity index (χ0) is 63.9. The Kier molecular flexibility index (Phi) is 21.1. The SMILES string of the molecule is C=C1C[C@@]23CCC4[C@](C)(C(=O)OC5OC(CO)C(O)CC5OC5OC(CO)C(O)C(O)C5O)CCC[C@@]4(C)[C@@H]2CC[C@]1(OC1OC(COC2OC(CO)C(O)C(O)C2O)C(O)C(OC2OC(CO)C(O)C(O)C2O)C1OC1OC(CO)C(O)C(O)C1O)C3. The molecule has 10 rings (SSSR count). The van der Waals surface area contributed by atoms with E-state index in [1.54, 1.807) is 0 Å². The average Bonchev–Trinajstić information content (AvgIpc) is 1.40. The highest BCUT2D eigenvalue weighted by molar-refractivity contribution is 5.77. The second-order valence-corrected chi connectivity index (χ2v) is 26.4. The first-order valence-corrected chi connectivity index (χ1v) is 30.3. The van der Waals surface area contributed by atoms with Gasteiger partial charge >= 0.3 is 5.97 Å². The first kappa shape index (κ1) is 68.9. The summed E-state index contributed by atoms with van der Waals surface area (Å²) in [4.78, 5) is 15.0. The second-order valence-electron chi connectivity index (χ2n) is 26.4. The Hall–Kier alpha value is -1.99. The fourth-order valence-electron chi connectivity index (χ4n) is 16.3. The van der Waals surface area contributed by atoms with Crippen LogP contribution < -0.4 is 0 Å². The van der Waals surface area contributed by atoms with E-state index in [0.717, 1.165) is 0 Å². The number of rotatable bonds is 18. The van der Waals surface area contributed by atoms with E-state index in [0.29, 0.717) is 50.5 Å². The van der Waals surface area contributed by atoms with Crippen molar-refractivity contribution in [3.8, 4) is 0 Å². The normalized spacial score (nSPS) is 54.1. The second kappa shape index (κ2) is 27.0. The van der Waals surface area contributed by atoms with Gasteiger partial charge in [0.1, 0.15) is 134 Å². The van der Waals surface area contributed by atoms with Crippen molar-refractivity contribution in [2.75, 3.05) is 39.6 Å². The maximum atomic E-state index is 15.0. The number of carbonyl (C=O) groups excluding carboxylic acids is 1. The number of aliphatic hydroxyl groups excluding tert-OH is 19. The van der Waals surface area contributed by atoms with E-state index in [-0.39, 0.29) is 31.1 Å². The summed E-state index contributed by atoms with van der Waals surface area (Å²) >= 11 is 0. The molecule has 10 fully saturated rings. The van der Waals surface area contributed by atoms with Crippen LogP contribution in [0.2, 0.25) is 0 Å². The third kappa shape index (κ3) is 12.3. The van der Waals surface area contributed by atoms with Gasteiger partial charge in [-0.15, -0.1) is 0 Å². The highest BCUT2D eigenvalue weighted by Crippen LogP contribution is 2.74. The van der Waals surface area contributed by atoms with E-state index in [2.05, 4.69) is 13.5 Å². The van der Waals surface area contributed by atoms with Crippen LogP contribution in [0.25, 0.3) is 0 Å². The van der Waals surface area contributed by atoms with Gasteiger partial charge in [0.25, 0.3) is 0 Å². The summed E-state index contributed by atoms with van der Waals surface area (Å²) in [5.41, 5.74) is -3.03. The molecule has 35 atom stereocenters. The van der Waals surface area contributed by atoms with E-state index < -0.39 is 246 Å². The number of hydrogen-bond donors (Lipinski definition) is 19. The van der Waals surface area contributed by atoms with Gasteiger partial charge < -0.3 is 154 Å². The first-order valence-electron chi connectivity index (χ1n) is 30.3. The molecule has 88 heavy (non-hydrogen) atoms. The fraction of sp³-hybridized carbons (Fsp3) is 0.946. The Morgan fingerprint density at radius 2 is 0.943 bits per heavy atom. The molecule has 10 aliphatic rings. The summed E-state index contributed by atoms with van der Waals surface area (Å²) in [6.07, 6.45) is -47.2. The Morgan fingerprint density at radius 1 is 0.489 bits per heavy atom. The van der Waals surface area contributed by atoms with Crippen LogP contribution in [0, 0.1) is 28.1 Å². The van der Waals surface area contributed by atoms with Gasteiger partial charge in [0.05, 0.1) is 56.8 Å². The molecule has 506 valence electrons. The smallest absolute Gasteiger partial charge is 0.314 e. The Morgan fingerprint density at radius 3 is 1.47 bits per heavy atom. The van der Waals surface area contributed by atoms with Crippen molar-refractivity contribution < 1.29 is 159 Å². The van der Waals surface area contributed by atoms with Gasteiger partial charge in [-0.2, -0.15) is 0 Å². The largest absolute Gasteiger partial charge is 0.432 e. The molecule has 32 heteroatoms. The molecule has 0 aromatic heterocycles. The van der Waals surface area contributed by atoms with Gasteiger partial charge in [-0.25, -0.2) is 0 Å². The number of fused-ring (bicyclic) bond motifs is 3. The van der Waals surface area contributed by atoms with E-state index in [1.165, 1.54) is 0 Å². The highest BCUT2D eigenvalue weighted by Gasteiger charge is 2.70. The minimum absolute atomic E-state index is 0.110. The number of esters is 1. The summed E-state index contributed by atoms with van der Waals surface area (Å²) in [5, 5.41) is 203. The molecule has 0 radical (unpaired) electrons. The molecule has 6 heterocycles. The van der Waals surface area contributed by atoms with Crippen LogP contribution in [0.3, 0.4) is 0 Å². The summed E-state index contributed by atoms with van der Waals surface area (Å²) in [6.45, 7) is 3.71. The standard InChI is InChI=1S/C56H90O32/c1-20-12-55-9-5-29-53(2,7-4-8-54(29,3)52(76)87-46-22(11-21(62)23(13-57)79-46)78-48-41(73)37(69)32(64)25(15-59)81-48)30(55)6-10-56(20,19-55)88-51-45(86-50-43(75)39(71)34(66)27(17-61)83-50)44(85-49-42(74)38(70)33(65)26(16-60)82-49)35(67)28(84-51)18-77-47-40(72)36(68)31(63)24(14-58)80-47/h21-51,57-75H,1,4-19H2,2-3H3/t21?,22?,23?,24?,25?,26?,27?,28?,29?,30-,31?,32?,33?,34?,35?,36?,37?,38?,39?,40?,41?,42?,43?,44?,45?,46?,47?,48?,49?,50?,51?,53+,54+,55+,56-/m0/s1. The number of ether oxygens (including phenoxy) is 12. The summed E-state index contributed by atoms with van der Waals surface area (Å²) in [7, 11) is 0. The molecule has 6 aliphatic heterocycles. The quantitative estimate of drug-likeness (QED) is 0.0344. The van der Waals surface area contributed by atoms with Crippen LogP contribution in [0.4, 0.5) is 0 Å². The number of aliphatic hydroxyl groups is 19. The molecule has 1 spiro atoms. The molecular formula is C56H90O32. The lowest BCUT2D eigenvalue weighted by Gasteiger charge is -2.64. The van der Waals surface area contributed by atoms with Crippen LogP contribution >= 0.6 is 0 Å². The Labute approximate surface area is 505 Å². The van der Waals surface area contributed by atoms with Gasteiger partial charge in [-0.1, -0.05) is 19.9 Å². The molecule has 2 bridgehead atoms. The zero-order valence-corrected chi connectivity index (χ0v) is 48.7. The van der Waals surface area contributed by atoms with Gasteiger partial charge in [0.15, 0.2) is 31.5 Å². The van der Waals surface area contributed by atoms with Crippen molar-refractivity contribution >= 4 is 5.97 Å². The topological polar surface area (TPSA) is 512 Å². The van der Waals surface area contributed by atoms with E-state index in [4.69, 9.17) is 56.8 Å². The predicted molar refractivity (Wildman–Crippen MR) is 283 cm³/mol. The third-order valence-corrected chi connectivity index (χ3v) is 21.2. The summed E-state index contributed by atoms with van der Waals surface area (Å²) in [5.74, 6) is -1.10. The minimum Gasteiger partial charge on any atom is -0.432 e. The van der Waals surface area contributed by atoms with Crippen LogP contribution in [-0.4, -0.2) is 326 Å². The lowest BCUT2D eigenvalue weighted by molar-refractivity contribution is -0.403. The fourth-order valence-corrected chi connectivity index (χ4v) is 16.3. The average molecular weight is 1280 g/mol. The molecule has 32 nitrogen and oxygen atoms in total. The van der Waals surface area contributed by atoms with E-state index >= 15 is 4.79 Å². The van der Waals surface area contributed by atoms with E-state index in [1.807, 2.05) is 6.92 Å². The first-order chi connectivity index (χ1) is 41.6. The van der Waals surface area contributed by atoms with Gasteiger partial charge in [0, 0.05) is 6.42 Å². The maximum absolute atomic E-state index is 15.0. The number of carbonyl (C=O) groups is 1. The minimum atomic E-state index is -2.09. The van der Waals surface area contributed by atoms with Crippen molar-refractivity contribution in [1.82, 2.24) is 0 Å². The third-order valence-electron chi connectivity index (χ3n) is 21.2. The van der Waals surface area contributed by atoms with Crippen molar-refractivity contribution in [3.63, 3.8) is 0 Å². The van der Waals surface area contributed by atoms with Crippen molar-refractivity contribution in [3.05, 3.63) is 12.2 Å². The van der Waals surface area contributed by atoms with Gasteiger partial charge in [-0.05, 0) is 86.5 Å². The van der Waals surface area contributed by atoms with Crippen molar-refractivity contribution in [2.24, 2.45) is 28.1 Å². The zero-order valence-electron chi connectivity index (χ0n) is 48.7. The Balaban J connectivity index is 0.934. The molecule has 4 saturated carbocycles. The Bertz CT molecular complexity index is 2360. The van der Waals surface area contributed by atoms with Crippen LogP contribution in [0.15, 0.2) is 12.2 Å². The molecule has 4 aliphatic carbocycles. The van der Waals surface area contributed by atoms with Gasteiger partial charge in [-0.3, -0.25) is 4.79 Å². The predicted octanol–water partition coefficient (Wildman–Crippen LogP) is -8.44. The van der Waals surface area contributed by atoms with Crippen LogP contribution in [0.5, 0.6) is 0 Å².